The van der Waals surface area contributed by atoms with Crippen LogP contribution in [0.2, 0.25) is 5.15 Å². The molecule has 0 saturated carbocycles. The maximum atomic E-state index is 13.7. The quantitative estimate of drug-likeness (QED) is 0.434. The van der Waals surface area contributed by atoms with Crippen molar-refractivity contribution in [3.63, 3.8) is 0 Å². The van der Waals surface area contributed by atoms with E-state index in [1.54, 1.807) is 16.9 Å². The van der Waals surface area contributed by atoms with Gasteiger partial charge in [0.25, 0.3) is 5.91 Å². The van der Waals surface area contributed by atoms with Crippen LogP contribution >= 0.6 is 11.6 Å². The normalized spacial score (nSPS) is 14.2. The number of methoxy groups -OCH3 is 1. The monoisotopic (exact) mass is 513 g/mol. The lowest BCUT2D eigenvalue weighted by molar-refractivity contribution is 0.0141. The van der Waals surface area contributed by atoms with Gasteiger partial charge in [-0.05, 0) is 39.0 Å². The topological polar surface area (TPSA) is 73.2 Å². The standard InChI is InChI=1S/C27H32ClN3O5/c1-27(2,3)36-26(33)30-15-13-29(14-16-30)25(32)23-19-9-5-6-10-20(19)31(24(23)28)21-11-7-8-12-22(21)35-18-17-34-4/h5-12H,13-18H2,1-4H3. The molecule has 36 heavy (non-hydrogen) atoms. The fraction of sp³-hybridized carbons (Fsp3) is 0.407. The lowest BCUT2D eigenvalue weighted by Gasteiger charge is -2.35. The molecule has 0 unspecified atom stereocenters. The van der Waals surface area contributed by atoms with Gasteiger partial charge < -0.3 is 24.0 Å². The number of carbonyl (C=O) groups is 2. The van der Waals surface area contributed by atoms with Crippen LogP contribution in [0.25, 0.3) is 16.6 Å². The van der Waals surface area contributed by atoms with Crippen molar-refractivity contribution in [1.29, 1.82) is 0 Å². The third-order valence-corrected chi connectivity index (χ3v) is 6.26. The Morgan fingerprint density at radius 2 is 1.56 bits per heavy atom. The Bertz CT molecular complexity index is 1240. The third-order valence-electron chi connectivity index (χ3n) is 5.90. The molecule has 2 aromatic carbocycles. The number of piperazine rings is 1. The first-order valence-electron chi connectivity index (χ1n) is 12.0. The van der Waals surface area contributed by atoms with Crippen molar-refractivity contribution in [2.24, 2.45) is 0 Å². The lowest BCUT2D eigenvalue weighted by atomic mass is 10.1. The maximum Gasteiger partial charge on any atom is 0.410 e. The van der Waals surface area contributed by atoms with Gasteiger partial charge in [-0.3, -0.25) is 9.36 Å². The first-order chi connectivity index (χ1) is 17.2. The van der Waals surface area contributed by atoms with Crippen LogP contribution in [-0.2, 0) is 9.47 Å². The van der Waals surface area contributed by atoms with Crippen molar-refractivity contribution in [3.05, 3.63) is 59.2 Å². The van der Waals surface area contributed by atoms with E-state index < -0.39 is 5.60 Å². The molecule has 4 rings (SSSR count). The van der Waals surface area contributed by atoms with Crippen LogP contribution in [0.3, 0.4) is 0 Å². The number of carbonyl (C=O) groups excluding carboxylic acids is 2. The molecule has 1 saturated heterocycles. The van der Waals surface area contributed by atoms with Gasteiger partial charge in [0, 0.05) is 38.7 Å². The predicted molar refractivity (Wildman–Crippen MR) is 139 cm³/mol. The number of hydrogen-bond acceptors (Lipinski definition) is 5. The minimum Gasteiger partial charge on any atom is -0.489 e. The highest BCUT2D eigenvalue weighted by molar-refractivity contribution is 6.36. The minimum atomic E-state index is -0.567. The average molecular weight is 514 g/mol. The van der Waals surface area contributed by atoms with Crippen LogP contribution in [0.1, 0.15) is 31.1 Å². The van der Waals surface area contributed by atoms with Gasteiger partial charge in [0.05, 0.1) is 23.4 Å². The van der Waals surface area contributed by atoms with Gasteiger partial charge in [-0.2, -0.15) is 0 Å². The highest BCUT2D eigenvalue weighted by Gasteiger charge is 2.31. The summed E-state index contributed by atoms with van der Waals surface area (Å²) in [5, 5.41) is 1.08. The summed E-state index contributed by atoms with van der Waals surface area (Å²) in [5.74, 6) is 0.471. The van der Waals surface area contributed by atoms with E-state index in [2.05, 4.69) is 0 Å². The van der Waals surface area contributed by atoms with Crippen molar-refractivity contribution >= 4 is 34.5 Å². The molecule has 2 heterocycles. The molecular formula is C27H32ClN3O5. The van der Waals surface area contributed by atoms with Crippen molar-refractivity contribution in [2.45, 2.75) is 26.4 Å². The number of rotatable bonds is 6. The molecule has 1 fully saturated rings. The van der Waals surface area contributed by atoms with E-state index in [1.165, 1.54) is 0 Å². The zero-order valence-corrected chi connectivity index (χ0v) is 21.9. The number of nitrogens with zero attached hydrogens (tertiary/aromatic N) is 3. The molecule has 0 aliphatic carbocycles. The Morgan fingerprint density at radius 1 is 0.917 bits per heavy atom. The van der Waals surface area contributed by atoms with E-state index in [0.29, 0.717) is 55.9 Å². The van der Waals surface area contributed by atoms with Crippen LogP contribution < -0.4 is 4.74 Å². The summed E-state index contributed by atoms with van der Waals surface area (Å²) in [5.41, 5.74) is 1.41. The molecule has 0 atom stereocenters. The molecular weight excluding hydrogens is 482 g/mol. The smallest absolute Gasteiger partial charge is 0.410 e. The molecule has 0 bridgehead atoms. The number of benzene rings is 2. The van der Waals surface area contributed by atoms with Crippen molar-refractivity contribution < 1.29 is 23.8 Å². The van der Waals surface area contributed by atoms with E-state index in [0.717, 1.165) is 16.6 Å². The molecule has 1 aliphatic rings. The van der Waals surface area contributed by atoms with Gasteiger partial charge in [-0.25, -0.2) is 4.79 Å². The number of aromatic nitrogens is 1. The van der Waals surface area contributed by atoms with Crippen molar-refractivity contribution in [1.82, 2.24) is 14.4 Å². The second-order valence-corrected chi connectivity index (χ2v) is 9.94. The van der Waals surface area contributed by atoms with Crippen LogP contribution in [-0.4, -0.2) is 78.5 Å². The number of ether oxygens (including phenoxy) is 3. The van der Waals surface area contributed by atoms with Crippen molar-refractivity contribution in [3.8, 4) is 11.4 Å². The largest absolute Gasteiger partial charge is 0.489 e. The summed E-state index contributed by atoms with van der Waals surface area (Å²) in [6.07, 6.45) is -0.366. The van der Waals surface area contributed by atoms with Gasteiger partial charge in [0.2, 0.25) is 0 Å². The molecule has 1 aliphatic heterocycles. The molecule has 9 heteroatoms. The predicted octanol–water partition coefficient (Wildman–Crippen LogP) is 5.00. The Kier molecular flexibility index (Phi) is 7.76. The number of fused-ring (bicyclic) bond motifs is 1. The lowest BCUT2D eigenvalue weighted by Crippen LogP contribution is -2.51. The third kappa shape index (κ3) is 5.44. The molecule has 1 aromatic heterocycles. The summed E-state index contributed by atoms with van der Waals surface area (Å²) < 4.78 is 18.4. The zero-order valence-electron chi connectivity index (χ0n) is 21.1. The summed E-state index contributed by atoms with van der Waals surface area (Å²) in [4.78, 5) is 29.5. The SMILES string of the molecule is COCCOc1ccccc1-n1c(Cl)c(C(=O)N2CCN(C(=O)OC(C)(C)C)CC2)c2ccccc21. The molecule has 0 spiro atoms. The van der Waals surface area contributed by atoms with Crippen LogP contribution in [0.15, 0.2) is 48.5 Å². The van der Waals surface area contributed by atoms with Gasteiger partial charge in [0.15, 0.2) is 0 Å². The molecule has 8 nitrogen and oxygen atoms in total. The maximum absolute atomic E-state index is 13.7. The molecule has 0 radical (unpaired) electrons. The Labute approximate surface area is 216 Å². The van der Waals surface area contributed by atoms with Gasteiger partial charge in [-0.15, -0.1) is 0 Å². The number of halogens is 1. The Balaban J connectivity index is 1.63. The van der Waals surface area contributed by atoms with E-state index in [9.17, 15) is 9.59 Å². The minimum absolute atomic E-state index is 0.170. The van der Waals surface area contributed by atoms with Gasteiger partial charge in [0.1, 0.15) is 23.1 Å². The molecule has 0 N–H and O–H groups in total. The average Bonchev–Trinajstić information content (AvgIpc) is 3.14. The fourth-order valence-corrected chi connectivity index (χ4v) is 4.59. The second kappa shape index (κ2) is 10.8. The van der Waals surface area contributed by atoms with E-state index in [-0.39, 0.29) is 12.0 Å². The number of amides is 2. The Hall–Kier alpha value is -3.23. The van der Waals surface area contributed by atoms with Crippen LogP contribution in [0.4, 0.5) is 4.79 Å². The number of hydrogen-bond donors (Lipinski definition) is 0. The first-order valence-corrected chi connectivity index (χ1v) is 12.4. The Morgan fingerprint density at radius 3 is 2.25 bits per heavy atom. The van der Waals surface area contributed by atoms with Crippen molar-refractivity contribution in [2.75, 3.05) is 46.5 Å². The summed E-state index contributed by atoms with van der Waals surface area (Å²) >= 11 is 6.94. The zero-order chi connectivity index (χ0) is 25.9. The van der Waals surface area contributed by atoms with E-state index >= 15 is 0 Å². The van der Waals surface area contributed by atoms with Gasteiger partial charge in [-0.1, -0.05) is 41.9 Å². The van der Waals surface area contributed by atoms with Crippen LogP contribution in [0.5, 0.6) is 5.75 Å². The first kappa shape index (κ1) is 25.9. The van der Waals surface area contributed by atoms with Gasteiger partial charge >= 0.3 is 6.09 Å². The highest BCUT2D eigenvalue weighted by atomic mass is 35.5. The van der Waals surface area contributed by atoms with E-state index in [4.69, 9.17) is 25.8 Å². The summed E-state index contributed by atoms with van der Waals surface area (Å²) in [7, 11) is 1.62. The fourth-order valence-electron chi connectivity index (χ4n) is 4.22. The summed E-state index contributed by atoms with van der Waals surface area (Å²) in [6.45, 7) is 7.93. The number of para-hydroxylation sites is 3. The van der Waals surface area contributed by atoms with E-state index in [1.807, 2.05) is 73.9 Å². The second-order valence-electron chi connectivity index (χ2n) is 9.59. The molecule has 192 valence electrons. The summed E-state index contributed by atoms with van der Waals surface area (Å²) in [6, 6.07) is 15.2. The highest BCUT2D eigenvalue weighted by Crippen LogP contribution is 2.37. The molecule has 3 aromatic rings. The molecule has 2 amide bonds. The van der Waals surface area contributed by atoms with Crippen LogP contribution in [0, 0.1) is 0 Å².